The highest BCUT2D eigenvalue weighted by Crippen LogP contribution is 2.37. The van der Waals surface area contributed by atoms with Gasteiger partial charge in [0.15, 0.2) is 0 Å². The third-order valence-electron chi connectivity index (χ3n) is 10.3. The predicted molar refractivity (Wildman–Crippen MR) is 196 cm³/mol. The van der Waals surface area contributed by atoms with Gasteiger partial charge >= 0.3 is 7.12 Å². The largest absolute Gasteiger partial charge is 0.494 e. The summed E-state index contributed by atoms with van der Waals surface area (Å²) in [6.07, 6.45) is 6.86. The minimum Gasteiger partial charge on any atom is -0.399 e. The average molecular weight is 707 g/mol. The van der Waals surface area contributed by atoms with E-state index in [9.17, 15) is 0 Å². The number of nitrogen functional groups attached to an aromatic ring is 1. The van der Waals surface area contributed by atoms with Gasteiger partial charge in [-0.3, -0.25) is 0 Å². The molecule has 7 rings (SSSR count). The normalized spacial score (nSPS) is 21.7. The van der Waals surface area contributed by atoms with Crippen LogP contribution in [0, 0.1) is 0 Å². The Balaban J connectivity index is 0.000000145. The number of hydrogen-bond donors (Lipinski definition) is 1. The summed E-state index contributed by atoms with van der Waals surface area (Å²) in [6, 6.07) is 25.6. The fourth-order valence-electron chi connectivity index (χ4n) is 6.50. The molecule has 4 aliphatic rings. The van der Waals surface area contributed by atoms with Crippen LogP contribution in [-0.4, -0.2) is 58.0 Å². The second-order valence-electron chi connectivity index (χ2n) is 14.1. The van der Waals surface area contributed by atoms with E-state index in [-0.39, 0.29) is 18.3 Å². The van der Waals surface area contributed by atoms with Gasteiger partial charge in [0.05, 0.1) is 11.2 Å². The Bertz CT molecular complexity index is 1270. The van der Waals surface area contributed by atoms with E-state index in [1.165, 1.54) is 29.5 Å². The summed E-state index contributed by atoms with van der Waals surface area (Å²) in [4.78, 5) is 0. The molecule has 3 aromatic carbocycles. The molecule has 0 saturated carbocycles. The molecular formula is C39H53BBrNO5. The van der Waals surface area contributed by atoms with E-state index in [1.807, 2.05) is 12.1 Å². The Hall–Kier alpha value is -2.20. The first kappa shape index (κ1) is 36.1. The van der Waals surface area contributed by atoms with Crippen molar-refractivity contribution < 1.29 is 23.5 Å². The van der Waals surface area contributed by atoms with Crippen molar-refractivity contribution in [3.8, 4) is 0 Å². The molecule has 3 aromatic rings. The third-order valence-corrected chi connectivity index (χ3v) is 10.9. The lowest BCUT2D eigenvalue weighted by atomic mass is 9.78. The SMILES string of the molecule is Brc1ccc(C2CCOCC2)cc1.CC1(C)OB(c2ccc(C3CCOCC3)cc2)OC1(C)C.Nc1ccc(C2CCOCC2)cc1. The van der Waals surface area contributed by atoms with Crippen LogP contribution < -0.4 is 11.2 Å². The van der Waals surface area contributed by atoms with Gasteiger partial charge in [-0.15, -0.1) is 0 Å². The highest BCUT2D eigenvalue weighted by molar-refractivity contribution is 9.10. The fourth-order valence-corrected chi connectivity index (χ4v) is 6.76. The van der Waals surface area contributed by atoms with Gasteiger partial charge in [-0.1, -0.05) is 64.5 Å². The molecule has 4 fully saturated rings. The Morgan fingerprint density at radius 3 is 1.21 bits per heavy atom. The van der Waals surface area contributed by atoms with Crippen LogP contribution in [0.4, 0.5) is 5.69 Å². The summed E-state index contributed by atoms with van der Waals surface area (Å²) in [5, 5.41) is 0. The number of anilines is 1. The number of benzene rings is 3. The molecule has 0 aliphatic carbocycles. The standard InChI is InChI=1S/C17H25BO3.C11H13BrO.C11H15NO/c1-16(2)17(3,4)21-18(20-16)15-7-5-13(6-8-15)14-9-11-19-12-10-14;2*12-11-3-1-9(2-4-11)10-5-7-13-8-6-10/h5-8,14H,9-12H2,1-4H3;1-4,10H,5-8H2;1-4,10H,5-8,12H2. The van der Waals surface area contributed by atoms with Crippen LogP contribution in [0.25, 0.3) is 0 Å². The third kappa shape index (κ3) is 10.2. The van der Waals surface area contributed by atoms with Crippen molar-refractivity contribution in [1.82, 2.24) is 0 Å². The molecule has 0 radical (unpaired) electrons. The second kappa shape index (κ2) is 17.0. The predicted octanol–water partition coefficient (Wildman–Crippen LogP) is 8.39. The minimum atomic E-state index is -0.281. The van der Waals surface area contributed by atoms with Crippen molar-refractivity contribution in [3.05, 3.63) is 94.0 Å². The van der Waals surface area contributed by atoms with Gasteiger partial charge in [-0.05, 0) is 130 Å². The van der Waals surface area contributed by atoms with E-state index in [4.69, 9.17) is 29.3 Å². The molecule has 6 nitrogen and oxygen atoms in total. The average Bonchev–Trinajstić information content (AvgIpc) is 3.33. The highest BCUT2D eigenvalue weighted by atomic mass is 79.9. The number of nitrogens with two attached hydrogens (primary N) is 1. The van der Waals surface area contributed by atoms with Crippen molar-refractivity contribution >= 4 is 34.2 Å². The topological polar surface area (TPSA) is 72.2 Å². The number of ether oxygens (including phenoxy) is 3. The molecule has 47 heavy (non-hydrogen) atoms. The quantitative estimate of drug-likeness (QED) is 0.217. The van der Waals surface area contributed by atoms with Crippen LogP contribution in [0.5, 0.6) is 0 Å². The zero-order valence-electron chi connectivity index (χ0n) is 28.7. The van der Waals surface area contributed by atoms with Crippen LogP contribution in [0.1, 0.15) is 101 Å². The molecular weight excluding hydrogens is 653 g/mol. The Kier molecular flexibility index (Phi) is 13.0. The Labute approximate surface area is 291 Å². The Morgan fingerprint density at radius 2 is 0.851 bits per heavy atom. The zero-order valence-corrected chi connectivity index (χ0v) is 30.3. The van der Waals surface area contributed by atoms with E-state index in [0.29, 0.717) is 17.8 Å². The molecule has 0 atom stereocenters. The van der Waals surface area contributed by atoms with Gasteiger partial charge in [0, 0.05) is 49.8 Å². The van der Waals surface area contributed by atoms with Crippen LogP contribution in [0.15, 0.2) is 77.3 Å². The molecule has 0 bridgehead atoms. The van der Waals surface area contributed by atoms with Crippen molar-refractivity contribution in [2.24, 2.45) is 0 Å². The summed E-state index contributed by atoms with van der Waals surface area (Å²) < 4.78 is 29.4. The van der Waals surface area contributed by atoms with Crippen LogP contribution in [-0.2, 0) is 23.5 Å². The molecule has 0 unspecified atom stereocenters. The second-order valence-corrected chi connectivity index (χ2v) is 15.0. The van der Waals surface area contributed by atoms with Crippen molar-refractivity contribution in [2.45, 2.75) is 95.2 Å². The van der Waals surface area contributed by atoms with Gasteiger partial charge in [0.25, 0.3) is 0 Å². The smallest absolute Gasteiger partial charge is 0.399 e. The minimum absolute atomic E-state index is 0.265. The zero-order chi connectivity index (χ0) is 33.3. The number of halogens is 1. The monoisotopic (exact) mass is 705 g/mol. The summed E-state index contributed by atoms with van der Waals surface area (Å²) in [7, 11) is -0.265. The van der Waals surface area contributed by atoms with Gasteiger partial charge < -0.3 is 29.3 Å². The first-order valence-electron chi connectivity index (χ1n) is 17.4. The van der Waals surface area contributed by atoms with E-state index < -0.39 is 0 Å². The maximum atomic E-state index is 6.09. The number of rotatable bonds is 4. The maximum absolute atomic E-state index is 6.09. The Morgan fingerprint density at radius 1 is 0.532 bits per heavy atom. The molecule has 254 valence electrons. The molecule has 8 heteroatoms. The summed E-state index contributed by atoms with van der Waals surface area (Å²) in [5.41, 5.74) is 11.3. The van der Waals surface area contributed by atoms with Crippen molar-refractivity contribution in [3.63, 3.8) is 0 Å². The molecule has 0 amide bonds. The van der Waals surface area contributed by atoms with Crippen LogP contribution in [0.3, 0.4) is 0 Å². The van der Waals surface area contributed by atoms with E-state index in [0.717, 1.165) is 80.9 Å². The maximum Gasteiger partial charge on any atom is 0.494 e. The molecule has 0 spiro atoms. The van der Waals surface area contributed by atoms with Gasteiger partial charge in [0.2, 0.25) is 0 Å². The van der Waals surface area contributed by atoms with E-state index in [2.05, 4.69) is 104 Å². The lowest BCUT2D eigenvalue weighted by Gasteiger charge is -2.32. The highest BCUT2D eigenvalue weighted by Gasteiger charge is 2.51. The van der Waals surface area contributed by atoms with Crippen molar-refractivity contribution in [1.29, 1.82) is 0 Å². The van der Waals surface area contributed by atoms with Gasteiger partial charge in [-0.2, -0.15) is 0 Å². The summed E-state index contributed by atoms with van der Waals surface area (Å²) in [6.45, 7) is 13.7. The first-order chi connectivity index (χ1) is 22.6. The summed E-state index contributed by atoms with van der Waals surface area (Å²) in [5.74, 6) is 2.02. The first-order valence-corrected chi connectivity index (χ1v) is 18.2. The van der Waals surface area contributed by atoms with Crippen LogP contribution in [0.2, 0.25) is 0 Å². The fraction of sp³-hybridized carbons (Fsp3) is 0.538. The van der Waals surface area contributed by atoms with Crippen LogP contribution >= 0.6 is 15.9 Å². The lowest BCUT2D eigenvalue weighted by Crippen LogP contribution is -2.41. The van der Waals surface area contributed by atoms with Crippen molar-refractivity contribution in [2.75, 3.05) is 45.4 Å². The molecule has 4 saturated heterocycles. The summed E-state index contributed by atoms with van der Waals surface area (Å²) >= 11 is 3.44. The lowest BCUT2D eigenvalue weighted by molar-refractivity contribution is 0.00578. The number of hydrogen-bond acceptors (Lipinski definition) is 6. The van der Waals surface area contributed by atoms with Gasteiger partial charge in [-0.25, -0.2) is 0 Å². The van der Waals surface area contributed by atoms with E-state index >= 15 is 0 Å². The molecule has 0 aromatic heterocycles. The van der Waals surface area contributed by atoms with E-state index in [1.54, 1.807) is 0 Å². The molecule has 2 N–H and O–H groups in total. The van der Waals surface area contributed by atoms with Gasteiger partial charge in [0.1, 0.15) is 0 Å². The molecule has 4 aliphatic heterocycles. The molecule has 4 heterocycles.